The smallest absolute Gasteiger partial charge is 0.356 e. The second kappa shape index (κ2) is 8.88. The Kier molecular flexibility index (Phi) is 6.61. The van der Waals surface area contributed by atoms with Crippen LogP contribution in [-0.4, -0.2) is 56.3 Å². The van der Waals surface area contributed by atoms with Crippen molar-refractivity contribution < 1.29 is 23.5 Å². The average Bonchev–Trinajstić information content (AvgIpc) is 3.05. The van der Waals surface area contributed by atoms with E-state index in [0.29, 0.717) is 11.3 Å². The molecule has 0 radical (unpaired) electrons. The number of rotatable bonds is 8. The van der Waals surface area contributed by atoms with Crippen LogP contribution < -0.4 is 0 Å². The van der Waals surface area contributed by atoms with E-state index in [-0.39, 0.29) is 52.7 Å². The molecule has 31 heavy (non-hydrogen) atoms. The predicted molar refractivity (Wildman–Crippen MR) is 115 cm³/mol. The SMILES string of the molecule is CC(C)C1C(=O)N2C(C(=O)OCc3ccccc3[N+](=O)[O-])=C(S(=O)C(C)N(C)C)CC12. The number of esters is 1. The molecule has 2 aliphatic heterocycles. The fourth-order valence-corrected chi connectivity index (χ4v) is 5.52. The summed E-state index contributed by atoms with van der Waals surface area (Å²) in [4.78, 5) is 40.1. The maximum Gasteiger partial charge on any atom is 0.356 e. The number of hydrogen-bond donors (Lipinski definition) is 0. The lowest BCUT2D eigenvalue weighted by Crippen LogP contribution is -2.60. The first-order valence-electron chi connectivity index (χ1n) is 10.1. The quantitative estimate of drug-likeness (QED) is 0.259. The minimum Gasteiger partial charge on any atom is -0.456 e. The second-order valence-electron chi connectivity index (χ2n) is 8.34. The molecule has 0 aliphatic carbocycles. The summed E-state index contributed by atoms with van der Waals surface area (Å²) in [6, 6.07) is 5.77. The van der Waals surface area contributed by atoms with Crippen LogP contribution in [0.25, 0.3) is 0 Å². The van der Waals surface area contributed by atoms with Crippen LogP contribution in [0, 0.1) is 22.0 Å². The Labute approximate surface area is 183 Å². The molecule has 1 saturated heterocycles. The van der Waals surface area contributed by atoms with Crippen molar-refractivity contribution in [3.8, 4) is 0 Å². The van der Waals surface area contributed by atoms with Gasteiger partial charge in [0.15, 0.2) is 0 Å². The minimum atomic E-state index is -1.52. The van der Waals surface area contributed by atoms with Crippen LogP contribution in [0.15, 0.2) is 34.9 Å². The van der Waals surface area contributed by atoms with Gasteiger partial charge in [-0.15, -0.1) is 0 Å². The normalized spacial score (nSPS) is 22.4. The standard InChI is InChI=1S/C21H27N3O6S/c1-12(2)18-16-10-17(31(29)13(3)22(4)5)19(23(16)20(18)25)21(26)30-11-14-8-6-7-9-15(14)24(27)28/h6-9,12-13,16,18H,10-11H2,1-5H3. The number of nitro benzene ring substituents is 1. The first kappa shape index (κ1) is 23.1. The van der Waals surface area contributed by atoms with E-state index >= 15 is 0 Å². The van der Waals surface area contributed by atoms with E-state index in [0.717, 1.165) is 0 Å². The molecule has 1 aromatic rings. The van der Waals surface area contributed by atoms with Gasteiger partial charge < -0.3 is 9.64 Å². The van der Waals surface area contributed by atoms with Gasteiger partial charge in [-0.25, -0.2) is 4.79 Å². The van der Waals surface area contributed by atoms with Crippen LogP contribution in [0.3, 0.4) is 0 Å². The fourth-order valence-electron chi connectivity index (χ4n) is 4.02. The van der Waals surface area contributed by atoms with E-state index in [1.807, 2.05) is 13.8 Å². The summed E-state index contributed by atoms with van der Waals surface area (Å²) in [5.41, 5.74) is 0.117. The van der Waals surface area contributed by atoms with Crippen LogP contribution >= 0.6 is 0 Å². The molecule has 0 spiro atoms. The zero-order valence-corrected chi connectivity index (χ0v) is 19.0. The van der Waals surface area contributed by atoms with E-state index in [9.17, 15) is 23.9 Å². The molecule has 3 rings (SSSR count). The zero-order valence-electron chi connectivity index (χ0n) is 18.2. The Hall–Kier alpha value is -2.59. The largest absolute Gasteiger partial charge is 0.456 e. The summed E-state index contributed by atoms with van der Waals surface area (Å²) in [7, 11) is 2.06. The first-order chi connectivity index (χ1) is 14.6. The summed E-state index contributed by atoms with van der Waals surface area (Å²) >= 11 is 0. The molecule has 1 fully saturated rings. The number of carbonyl (C=O) groups excluding carboxylic acids is 2. The second-order valence-corrected chi connectivity index (χ2v) is 10.1. The molecule has 9 nitrogen and oxygen atoms in total. The van der Waals surface area contributed by atoms with Gasteiger partial charge in [0.05, 0.1) is 43.5 Å². The van der Waals surface area contributed by atoms with Crippen LogP contribution in [0.2, 0.25) is 0 Å². The lowest BCUT2D eigenvalue weighted by atomic mass is 9.79. The number of nitro groups is 1. The molecule has 10 heteroatoms. The summed E-state index contributed by atoms with van der Waals surface area (Å²) in [5.74, 6) is -1.10. The van der Waals surface area contributed by atoms with Gasteiger partial charge in [0, 0.05) is 12.5 Å². The molecule has 2 heterocycles. The van der Waals surface area contributed by atoms with Gasteiger partial charge in [-0.05, 0) is 33.0 Å². The molecule has 0 bridgehead atoms. The summed E-state index contributed by atoms with van der Waals surface area (Å²) in [6.07, 6.45) is 0.356. The number of amides is 1. The molecule has 0 N–H and O–H groups in total. The molecule has 4 atom stereocenters. The topological polar surface area (TPSA) is 110 Å². The summed E-state index contributed by atoms with van der Waals surface area (Å²) in [5, 5.41) is 10.8. The van der Waals surface area contributed by atoms with E-state index in [2.05, 4.69) is 0 Å². The number of carbonyl (C=O) groups is 2. The van der Waals surface area contributed by atoms with Crippen molar-refractivity contribution in [2.75, 3.05) is 14.1 Å². The van der Waals surface area contributed by atoms with Gasteiger partial charge in [0.1, 0.15) is 12.3 Å². The molecular weight excluding hydrogens is 422 g/mol. The molecule has 0 saturated carbocycles. The molecular formula is C21H27N3O6S. The third kappa shape index (κ3) is 4.14. The van der Waals surface area contributed by atoms with Crippen LogP contribution in [-0.2, 0) is 31.7 Å². The lowest BCUT2D eigenvalue weighted by Gasteiger charge is -2.45. The third-order valence-corrected chi connectivity index (χ3v) is 7.79. The van der Waals surface area contributed by atoms with E-state index in [1.54, 1.807) is 32.0 Å². The Bertz CT molecular complexity index is 974. The number of β-lactam (4-membered cyclic amide) rings is 1. The van der Waals surface area contributed by atoms with Crippen molar-refractivity contribution in [1.82, 2.24) is 9.80 Å². The first-order valence-corrected chi connectivity index (χ1v) is 11.3. The molecule has 1 amide bonds. The Morgan fingerprint density at radius 2 is 1.97 bits per heavy atom. The predicted octanol–water partition coefficient (Wildman–Crippen LogP) is 2.39. The molecule has 1 aromatic carbocycles. The maximum atomic E-state index is 13.2. The highest BCUT2D eigenvalue weighted by atomic mass is 32.2. The van der Waals surface area contributed by atoms with Gasteiger partial charge in [-0.2, -0.15) is 0 Å². The number of benzene rings is 1. The molecule has 2 aliphatic rings. The maximum absolute atomic E-state index is 13.2. The molecule has 168 valence electrons. The van der Waals surface area contributed by atoms with Crippen molar-refractivity contribution in [1.29, 1.82) is 0 Å². The average molecular weight is 450 g/mol. The third-order valence-electron chi connectivity index (χ3n) is 5.91. The number of ether oxygens (including phenoxy) is 1. The van der Waals surface area contributed by atoms with Crippen molar-refractivity contribution in [3.05, 3.63) is 50.5 Å². The fraction of sp³-hybridized carbons (Fsp3) is 0.524. The van der Waals surface area contributed by atoms with Crippen LogP contribution in [0.5, 0.6) is 0 Å². The van der Waals surface area contributed by atoms with E-state index in [4.69, 9.17) is 4.74 Å². The molecule has 4 unspecified atom stereocenters. The van der Waals surface area contributed by atoms with Gasteiger partial charge in [0.2, 0.25) is 5.91 Å². The van der Waals surface area contributed by atoms with E-state index < -0.39 is 21.7 Å². The van der Waals surface area contributed by atoms with Gasteiger partial charge >= 0.3 is 5.97 Å². The van der Waals surface area contributed by atoms with Crippen molar-refractivity contribution >= 4 is 28.4 Å². The number of nitrogens with zero attached hydrogens (tertiary/aromatic N) is 3. The minimum absolute atomic E-state index is 0.0255. The lowest BCUT2D eigenvalue weighted by molar-refractivity contribution is -0.385. The Morgan fingerprint density at radius 3 is 2.55 bits per heavy atom. The van der Waals surface area contributed by atoms with Crippen LogP contribution in [0.4, 0.5) is 5.69 Å². The van der Waals surface area contributed by atoms with Crippen molar-refractivity contribution in [3.63, 3.8) is 0 Å². The van der Waals surface area contributed by atoms with Gasteiger partial charge in [-0.3, -0.25) is 24.0 Å². The van der Waals surface area contributed by atoms with Crippen LogP contribution in [0.1, 0.15) is 32.8 Å². The number of fused-ring (bicyclic) bond motifs is 1. The zero-order chi connectivity index (χ0) is 23.0. The summed E-state index contributed by atoms with van der Waals surface area (Å²) in [6.45, 7) is 5.37. The van der Waals surface area contributed by atoms with Crippen molar-refractivity contribution in [2.24, 2.45) is 11.8 Å². The molecule has 0 aromatic heterocycles. The Morgan fingerprint density at radius 1 is 1.32 bits per heavy atom. The highest BCUT2D eigenvalue weighted by molar-refractivity contribution is 7.89. The Balaban J connectivity index is 1.89. The van der Waals surface area contributed by atoms with Crippen molar-refractivity contribution in [2.45, 2.75) is 45.2 Å². The van der Waals surface area contributed by atoms with Gasteiger partial charge in [0.25, 0.3) is 5.69 Å². The number of para-hydroxylation sites is 1. The highest BCUT2D eigenvalue weighted by Crippen LogP contribution is 2.46. The summed E-state index contributed by atoms with van der Waals surface area (Å²) < 4.78 is 18.6. The highest BCUT2D eigenvalue weighted by Gasteiger charge is 2.57. The van der Waals surface area contributed by atoms with Gasteiger partial charge in [-0.1, -0.05) is 26.0 Å². The monoisotopic (exact) mass is 449 g/mol. The number of hydrogen-bond acceptors (Lipinski definition) is 7. The van der Waals surface area contributed by atoms with E-state index in [1.165, 1.54) is 23.1 Å².